The van der Waals surface area contributed by atoms with Crippen LogP contribution in [0.2, 0.25) is 0 Å². The van der Waals surface area contributed by atoms with Crippen LogP contribution < -0.4 is 5.32 Å². The van der Waals surface area contributed by atoms with Gasteiger partial charge in [0.1, 0.15) is 0 Å². The van der Waals surface area contributed by atoms with Crippen molar-refractivity contribution in [1.82, 2.24) is 15.1 Å². The van der Waals surface area contributed by atoms with Crippen LogP contribution in [0.15, 0.2) is 4.47 Å². The Morgan fingerprint density at radius 1 is 1.73 bits per heavy atom. The summed E-state index contributed by atoms with van der Waals surface area (Å²) < 4.78 is 7.51. The first-order valence-electron chi connectivity index (χ1n) is 4.87. The molecule has 2 heterocycles. The normalized spacial score (nSPS) is 14.8. The smallest absolute Gasteiger partial charge is 0.360 e. The first-order chi connectivity index (χ1) is 7.24. The van der Waals surface area contributed by atoms with Gasteiger partial charge in [-0.2, -0.15) is 5.10 Å². The zero-order valence-electron chi connectivity index (χ0n) is 8.42. The van der Waals surface area contributed by atoms with Crippen LogP contribution in [0.1, 0.15) is 23.1 Å². The number of hydrogen-bond acceptors (Lipinski definition) is 4. The van der Waals surface area contributed by atoms with Crippen molar-refractivity contribution < 1.29 is 9.53 Å². The third-order valence-electron chi connectivity index (χ3n) is 2.26. The van der Waals surface area contributed by atoms with Crippen LogP contribution in [0, 0.1) is 0 Å². The number of hydrogen-bond donors (Lipinski definition) is 1. The van der Waals surface area contributed by atoms with Crippen molar-refractivity contribution in [2.75, 3.05) is 13.2 Å². The van der Waals surface area contributed by atoms with Crippen LogP contribution in [0.5, 0.6) is 0 Å². The molecule has 15 heavy (non-hydrogen) atoms. The lowest BCUT2D eigenvalue weighted by molar-refractivity contribution is 0.0517. The van der Waals surface area contributed by atoms with Gasteiger partial charge in [0.25, 0.3) is 0 Å². The van der Waals surface area contributed by atoms with E-state index in [-0.39, 0.29) is 5.97 Å². The van der Waals surface area contributed by atoms with Gasteiger partial charge in [0, 0.05) is 13.1 Å². The highest BCUT2D eigenvalue weighted by Gasteiger charge is 2.23. The maximum Gasteiger partial charge on any atom is 0.360 e. The van der Waals surface area contributed by atoms with E-state index >= 15 is 0 Å². The van der Waals surface area contributed by atoms with E-state index in [0.29, 0.717) is 12.3 Å². The van der Waals surface area contributed by atoms with Crippen LogP contribution in [-0.4, -0.2) is 28.9 Å². The van der Waals surface area contributed by atoms with E-state index in [9.17, 15) is 4.79 Å². The number of nitrogens with zero attached hydrogens (tertiary/aromatic N) is 2. The predicted octanol–water partition coefficient (Wildman–Crippen LogP) is 0.926. The molecular weight excluding hydrogens is 262 g/mol. The number of esters is 1. The van der Waals surface area contributed by atoms with Gasteiger partial charge in [-0.25, -0.2) is 4.79 Å². The van der Waals surface area contributed by atoms with Gasteiger partial charge in [0.15, 0.2) is 5.69 Å². The summed E-state index contributed by atoms with van der Waals surface area (Å²) in [7, 11) is 0. The number of fused-ring (bicyclic) bond motifs is 1. The fraction of sp³-hybridized carbons (Fsp3) is 0.556. The summed E-state index contributed by atoms with van der Waals surface area (Å²) in [5.41, 5.74) is 1.37. The maximum absolute atomic E-state index is 11.5. The highest BCUT2D eigenvalue weighted by atomic mass is 79.9. The van der Waals surface area contributed by atoms with E-state index in [4.69, 9.17) is 4.74 Å². The zero-order chi connectivity index (χ0) is 10.8. The summed E-state index contributed by atoms with van der Waals surface area (Å²) >= 11 is 3.38. The van der Waals surface area contributed by atoms with Crippen molar-refractivity contribution in [3.05, 3.63) is 15.9 Å². The minimum atomic E-state index is -0.369. The lowest BCUT2D eigenvalue weighted by Gasteiger charge is -2.14. The van der Waals surface area contributed by atoms with Crippen LogP contribution in [0.25, 0.3) is 0 Å². The second-order valence-electron chi connectivity index (χ2n) is 3.23. The topological polar surface area (TPSA) is 56.1 Å². The summed E-state index contributed by atoms with van der Waals surface area (Å²) in [5, 5.41) is 7.45. The lowest BCUT2D eigenvalue weighted by atomic mass is 10.3. The first kappa shape index (κ1) is 10.6. The largest absolute Gasteiger partial charge is 0.461 e. The van der Waals surface area contributed by atoms with Crippen molar-refractivity contribution >= 4 is 21.9 Å². The molecular formula is C9H12BrN3O2. The van der Waals surface area contributed by atoms with E-state index in [2.05, 4.69) is 26.3 Å². The molecule has 0 aromatic carbocycles. The Morgan fingerprint density at radius 3 is 3.20 bits per heavy atom. The van der Waals surface area contributed by atoms with Gasteiger partial charge in [-0.05, 0) is 22.9 Å². The molecule has 1 aliphatic heterocycles. The average molecular weight is 274 g/mol. The molecule has 1 aliphatic rings. The van der Waals surface area contributed by atoms with E-state index < -0.39 is 0 Å². The van der Waals surface area contributed by atoms with E-state index in [0.717, 1.165) is 29.8 Å². The number of carbonyl (C=O) groups excluding carboxylic acids is 1. The number of rotatable bonds is 2. The van der Waals surface area contributed by atoms with Crippen molar-refractivity contribution in [3.8, 4) is 0 Å². The van der Waals surface area contributed by atoms with Gasteiger partial charge >= 0.3 is 5.97 Å². The molecule has 0 atom stereocenters. The Bertz CT molecular complexity index is 389. The van der Waals surface area contributed by atoms with Crippen LogP contribution in [0.4, 0.5) is 0 Å². The standard InChI is InChI=1S/C9H12BrN3O2/c1-2-15-9(14)8-7(10)6-5-11-3-4-13(6)12-8/h11H,2-5H2,1H3. The Balaban J connectivity index is 2.32. The van der Waals surface area contributed by atoms with Gasteiger partial charge in [0.2, 0.25) is 0 Å². The summed E-state index contributed by atoms with van der Waals surface area (Å²) in [6.45, 7) is 4.54. The van der Waals surface area contributed by atoms with Gasteiger partial charge in [-0.15, -0.1) is 0 Å². The molecule has 6 heteroatoms. The van der Waals surface area contributed by atoms with Gasteiger partial charge in [-0.1, -0.05) is 0 Å². The maximum atomic E-state index is 11.5. The molecule has 0 saturated heterocycles. The molecule has 1 aromatic heterocycles. The Morgan fingerprint density at radius 2 is 2.53 bits per heavy atom. The van der Waals surface area contributed by atoms with Crippen LogP contribution in [-0.2, 0) is 17.8 Å². The minimum Gasteiger partial charge on any atom is -0.461 e. The molecule has 5 nitrogen and oxygen atoms in total. The number of aromatic nitrogens is 2. The van der Waals surface area contributed by atoms with Gasteiger partial charge in [-0.3, -0.25) is 4.68 Å². The summed E-state index contributed by atoms with van der Waals surface area (Å²) in [6, 6.07) is 0. The van der Waals surface area contributed by atoms with E-state index in [1.807, 2.05) is 4.68 Å². The van der Waals surface area contributed by atoms with E-state index in [1.165, 1.54) is 0 Å². The molecule has 2 rings (SSSR count). The molecule has 1 N–H and O–H groups in total. The predicted molar refractivity (Wildman–Crippen MR) is 57.6 cm³/mol. The highest BCUT2D eigenvalue weighted by molar-refractivity contribution is 9.10. The summed E-state index contributed by atoms with van der Waals surface area (Å²) in [5.74, 6) is -0.369. The van der Waals surface area contributed by atoms with E-state index in [1.54, 1.807) is 6.92 Å². The molecule has 0 amide bonds. The molecule has 0 unspecified atom stereocenters. The number of ether oxygens (including phenoxy) is 1. The number of carbonyl (C=O) groups is 1. The third kappa shape index (κ3) is 1.91. The second kappa shape index (κ2) is 4.32. The number of halogens is 1. The van der Waals surface area contributed by atoms with Crippen molar-refractivity contribution in [3.63, 3.8) is 0 Å². The van der Waals surface area contributed by atoms with Crippen molar-refractivity contribution in [1.29, 1.82) is 0 Å². The van der Waals surface area contributed by atoms with Crippen LogP contribution in [0.3, 0.4) is 0 Å². The minimum absolute atomic E-state index is 0.367. The molecule has 0 fully saturated rings. The fourth-order valence-corrected chi connectivity index (χ4v) is 2.14. The Labute approximate surface area is 95.9 Å². The molecule has 1 aromatic rings. The molecule has 0 saturated carbocycles. The second-order valence-corrected chi connectivity index (χ2v) is 4.02. The van der Waals surface area contributed by atoms with Crippen molar-refractivity contribution in [2.24, 2.45) is 0 Å². The van der Waals surface area contributed by atoms with Gasteiger partial charge in [0.05, 0.1) is 23.3 Å². The summed E-state index contributed by atoms with van der Waals surface area (Å²) in [4.78, 5) is 11.5. The molecule has 0 bridgehead atoms. The molecule has 0 radical (unpaired) electrons. The average Bonchev–Trinajstić information content (AvgIpc) is 2.57. The molecule has 0 spiro atoms. The molecule has 82 valence electrons. The molecule has 0 aliphatic carbocycles. The lowest BCUT2D eigenvalue weighted by Crippen LogP contribution is -2.28. The SMILES string of the molecule is CCOC(=O)c1nn2c(c1Br)CNCC2. The highest BCUT2D eigenvalue weighted by Crippen LogP contribution is 2.23. The summed E-state index contributed by atoms with van der Waals surface area (Å²) in [6.07, 6.45) is 0. The third-order valence-corrected chi connectivity index (χ3v) is 3.09. The zero-order valence-corrected chi connectivity index (χ0v) is 10.0. The van der Waals surface area contributed by atoms with Gasteiger partial charge < -0.3 is 10.1 Å². The quantitative estimate of drug-likeness (QED) is 0.815. The van der Waals surface area contributed by atoms with Crippen LogP contribution >= 0.6 is 15.9 Å². The Kier molecular flexibility index (Phi) is 3.06. The first-order valence-corrected chi connectivity index (χ1v) is 5.66. The Hall–Kier alpha value is -0.880. The monoisotopic (exact) mass is 273 g/mol. The van der Waals surface area contributed by atoms with Crippen molar-refractivity contribution in [2.45, 2.75) is 20.0 Å². The fourth-order valence-electron chi connectivity index (χ4n) is 1.55. The number of nitrogens with one attached hydrogen (secondary N) is 1.